The van der Waals surface area contributed by atoms with Crippen LogP contribution in [-0.2, 0) is 0 Å². The van der Waals surface area contributed by atoms with E-state index in [-0.39, 0.29) is 0 Å². The van der Waals surface area contributed by atoms with Crippen molar-refractivity contribution in [2.45, 2.75) is 0 Å². The quantitative estimate of drug-likeness (QED) is 0.173. The number of hydrogen-bond donors (Lipinski definition) is 0. The number of nitrogens with zero attached hydrogens (tertiary/aromatic N) is 2. The van der Waals surface area contributed by atoms with E-state index in [1.807, 2.05) is 6.07 Å². The van der Waals surface area contributed by atoms with Gasteiger partial charge in [0.1, 0.15) is 11.2 Å². The Hall–Kier alpha value is -7.62. The number of para-hydroxylation sites is 3. The summed E-state index contributed by atoms with van der Waals surface area (Å²) in [5, 5.41) is 7.15. The maximum Gasteiger partial charge on any atom is 0.138 e. The zero-order valence-corrected chi connectivity index (χ0v) is 30.9. The highest BCUT2D eigenvalue weighted by Gasteiger charge is 2.23. The maximum absolute atomic E-state index is 6.62. The van der Waals surface area contributed by atoms with Gasteiger partial charge in [-0.1, -0.05) is 152 Å². The number of hydrogen-bond acceptors (Lipinski definition) is 1. The number of furan rings is 1. The largest absolute Gasteiger partial charge is 0.456 e. The highest BCUT2D eigenvalue weighted by Crippen LogP contribution is 2.46. The molecule has 0 saturated heterocycles. The van der Waals surface area contributed by atoms with Crippen LogP contribution in [0.2, 0.25) is 0 Å². The predicted octanol–water partition coefficient (Wildman–Crippen LogP) is 14.8. The summed E-state index contributed by atoms with van der Waals surface area (Å²) in [5.41, 5.74) is 15.8. The van der Waals surface area contributed by atoms with Gasteiger partial charge in [-0.05, 0) is 88.0 Å². The van der Waals surface area contributed by atoms with E-state index < -0.39 is 0 Å². The molecule has 0 spiro atoms. The lowest BCUT2D eigenvalue weighted by molar-refractivity contribution is 0.669. The molecule has 0 aliphatic heterocycles. The molecule has 0 fully saturated rings. The lowest BCUT2D eigenvalue weighted by Gasteiger charge is -2.13. The molecule has 0 unspecified atom stereocenters. The van der Waals surface area contributed by atoms with E-state index in [9.17, 15) is 0 Å². The second-order valence-corrected chi connectivity index (χ2v) is 14.9. The van der Waals surface area contributed by atoms with Crippen molar-refractivity contribution in [1.29, 1.82) is 0 Å². The first kappa shape index (κ1) is 31.7. The van der Waals surface area contributed by atoms with Crippen molar-refractivity contribution in [3.8, 4) is 44.8 Å². The van der Waals surface area contributed by atoms with Crippen LogP contribution in [-0.4, -0.2) is 9.13 Å². The van der Waals surface area contributed by atoms with Gasteiger partial charge < -0.3 is 13.6 Å². The fraction of sp³-hybridized carbons (Fsp3) is 0. The van der Waals surface area contributed by atoms with E-state index in [1.165, 1.54) is 54.8 Å². The third kappa shape index (κ3) is 4.79. The predicted molar refractivity (Wildman–Crippen MR) is 239 cm³/mol. The molecule has 12 aromatic rings. The van der Waals surface area contributed by atoms with E-state index in [4.69, 9.17) is 4.42 Å². The van der Waals surface area contributed by atoms with Gasteiger partial charge in [-0.3, -0.25) is 0 Å². The fourth-order valence-corrected chi connectivity index (χ4v) is 9.29. The van der Waals surface area contributed by atoms with Crippen LogP contribution in [0.4, 0.5) is 0 Å². The first-order valence-corrected chi connectivity index (χ1v) is 19.5. The van der Waals surface area contributed by atoms with Gasteiger partial charge in [-0.2, -0.15) is 0 Å². The zero-order chi connectivity index (χ0) is 37.5. The molecule has 0 atom stereocenters. The average molecular weight is 727 g/mol. The Morgan fingerprint density at radius 3 is 1.49 bits per heavy atom. The van der Waals surface area contributed by atoms with Crippen molar-refractivity contribution in [2.75, 3.05) is 0 Å². The van der Waals surface area contributed by atoms with Gasteiger partial charge in [0, 0.05) is 32.6 Å². The molecule has 0 radical (unpaired) electrons. The van der Waals surface area contributed by atoms with Gasteiger partial charge in [0.2, 0.25) is 0 Å². The summed E-state index contributed by atoms with van der Waals surface area (Å²) in [6.45, 7) is 0. The van der Waals surface area contributed by atoms with Crippen molar-refractivity contribution >= 4 is 65.6 Å². The molecule has 3 heteroatoms. The zero-order valence-electron chi connectivity index (χ0n) is 30.9. The van der Waals surface area contributed by atoms with Crippen LogP contribution in [0, 0.1) is 0 Å². The molecule has 266 valence electrons. The molecule has 0 bridgehead atoms. The first-order valence-electron chi connectivity index (χ1n) is 19.5. The second kappa shape index (κ2) is 12.5. The molecule has 0 N–H and O–H groups in total. The number of fused-ring (bicyclic) bond motifs is 9. The van der Waals surface area contributed by atoms with E-state index >= 15 is 0 Å². The van der Waals surface area contributed by atoms with Crippen LogP contribution in [0.25, 0.3) is 110 Å². The van der Waals surface area contributed by atoms with Crippen LogP contribution in [0.15, 0.2) is 211 Å². The lowest BCUT2D eigenvalue weighted by atomic mass is 9.95. The topological polar surface area (TPSA) is 23.0 Å². The fourth-order valence-electron chi connectivity index (χ4n) is 9.29. The Bertz CT molecular complexity index is 3510. The molecule has 0 aliphatic carbocycles. The van der Waals surface area contributed by atoms with Crippen molar-refractivity contribution in [3.05, 3.63) is 206 Å². The highest BCUT2D eigenvalue weighted by atomic mass is 16.3. The molecule has 57 heavy (non-hydrogen) atoms. The van der Waals surface area contributed by atoms with Crippen molar-refractivity contribution in [2.24, 2.45) is 0 Å². The molecule has 9 aromatic carbocycles. The first-order chi connectivity index (χ1) is 28.3. The number of rotatable bonds is 5. The molecule has 12 rings (SSSR count). The lowest BCUT2D eigenvalue weighted by Crippen LogP contribution is -1.96. The summed E-state index contributed by atoms with van der Waals surface area (Å²) < 4.78 is 11.5. The number of benzene rings is 9. The molecule has 0 saturated carbocycles. The van der Waals surface area contributed by atoms with Crippen LogP contribution in [0.3, 0.4) is 0 Å². The minimum Gasteiger partial charge on any atom is -0.456 e. The van der Waals surface area contributed by atoms with Gasteiger partial charge in [-0.25, -0.2) is 0 Å². The number of aromatic nitrogens is 2. The van der Waals surface area contributed by atoms with E-state index in [2.05, 4.69) is 209 Å². The normalized spacial score (nSPS) is 11.9. The molecule has 0 aliphatic rings. The molecular formula is C54H34N2O. The third-order valence-electron chi connectivity index (χ3n) is 11.7. The van der Waals surface area contributed by atoms with Crippen LogP contribution in [0.1, 0.15) is 0 Å². The van der Waals surface area contributed by atoms with E-state index in [0.717, 1.165) is 55.5 Å². The second-order valence-electron chi connectivity index (χ2n) is 14.9. The minimum atomic E-state index is 0.878. The maximum atomic E-state index is 6.62. The summed E-state index contributed by atoms with van der Waals surface area (Å²) in [6.07, 6.45) is 0. The standard InChI is InChI=1S/C54H34N2O/c1-3-16-35(17-4-1)37-20-13-21-39(32-37)55-45-27-10-7-22-42(45)52-40(25-14-29-47(52)55)41-26-15-30-48-53(41)43-23-8-11-28-46(43)56(48)49-33-38(36-18-5-2-6-19-36)34-51-54(49)44-24-9-12-31-50(44)57-51/h1-34H. The highest BCUT2D eigenvalue weighted by molar-refractivity contribution is 6.23. The Kier molecular flexibility index (Phi) is 6.93. The summed E-state index contributed by atoms with van der Waals surface area (Å²) in [4.78, 5) is 0. The SMILES string of the molecule is c1ccc(-c2cccc(-n3c4ccccc4c4c(-c5cccc6c5c5ccccc5n6-c5cc(-c6ccccc6)cc6oc7ccccc7c56)cccc43)c2)cc1. The average Bonchev–Trinajstić information content (AvgIpc) is 3.95. The smallest absolute Gasteiger partial charge is 0.138 e. The van der Waals surface area contributed by atoms with Gasteiger partial charge in [0.25, 0.3) is 0 Å². The summed E-state index contributed by atoms with van der Waals surface area (Å²) in [6, 6.07) is 74.4. The molecule has 3 aromatic heterocycles. The molecule has 3 nitrogen and oxygen atoms in total. The van der Waals surface area contributed by atoms with Crippen LogP contribution >= 0.6 is 0 Å². The molecular weight excluding hydrogens is 693 g/mol. The van der Waals surface area contributed by atoms with Gasteiger partial charge >= 0.3 is 0 Å². The van der Waals surface area contributed by atoms with Crippen molar-refractivity contribution in [3.63, 3.8) is 0 Å². The summed E-state index contributed by atoms with van der Waals surface area (Å²) in [7, 11) is 0. The summed E-state index contributed by atoms with van der Waals surface area (Å²) in [5.74, 6) is 0. The van der Waals surface area contributed by atoms with Gasteiger partial charge in [-0.15, -0.1) is 0 Å². The van der Waals surface area contributed by atoms with Crippen LogP contribution in [0.5, 0.6) is 0 Å². The van der Waals surface area contributed by atoms with Gasteiger partial charge in [0.05, 0.1) is 33.1 Å². The Morgan fingerprint density at radius 2 is 0.807 bits per heavy atom. The monoisotopic (exact) mass is 726 g/mol. The third-order valence-corrected chi connectivity index (χ3v) is 11.7. The van der Waals surface area contributed by atoms with E-state index in [1.54, 1.807) is 0 Å². The minimum absolute atomic E-state index is 0.878. The van der Waals surface area contributed by atoms with Gasteiger partial charge in [0.15, 0.2) is 0 Å². The summed E-state index contributed by atoms with van der Waals surface area (Å²) >= 11 is 0. The Labute approximate surface area is 328 Å². The molecule has 3 heterocycles. The van der Waals surface area contributed by atoms with Crippen molar-refractivity contribution < 1.29 is 4.42 Å². The van der Waals surface area contributed by atoms with Crippen molar-refractivity contribution in [1.82, 2.24) is 9.13 Å². The van der Waals surface area contributed by atoms with Crippen LogP contribution < -0.4 is 0 Å². The molecule has 0 amide bonds. The Balaban J connectivity index is 1.16. The van der Waals surface area contributed by atoms with E-state index in [0.29, 0.717) is 0 Å². The Morgan fingerprint density at radius 1 is 0.298 bits per heavy atom.